The Bertz CT molecular complexity index is 693. The highest BCUT2D eigenvalue weighted by atomic mass is 16.5. The maximum Gasteiger partial charge on any atom is 0.407 e. The molecule has 2 rings (SSSR count). The van der Waals surface area contributed by atoms with Crippen LogP contribution in [-0.4, -0.2) is 25.2 Å². The third-order valence-corrected chi connectivity index (χ3v) is 3.55. The zero-order valence-electron chi connectivity index (χ0n) is 13.6. The lowest BCUT2D eigenvalue weighted by Gasteiger charge is -2.13. The molecule has 0 unspecified atom stereocenters. The number of hydrogen-bond acceptors (Lipinski definition) is 4. The van der Waals surface area contributed by atoms with E-state index in [2.05, 4.69) is 10.6 Å². The number of para-hydroxylation sites is 1. The van der Waals surface area contributed by atoms with Gasteiger partial charge in [-0.05, 0) is 26.8 Å². The van der Waals surface area contributed by atoms with Gasteiger partial charge in [-0.2, -0.15) is 0 Å². The lowest BCUT2D eigenvalue weighted by Crippen LogP contribution is -2.32. The van der Waals surface area contributed by atoms with Crippen LogP contribution in [0.5, 0.6) is 0 Å². The number of ether oxygens (including phenoxy) is 1. The van der Waals surface area contributed by atoms with Gasteiger partial charge in [0.1, 0.15) is 11.3 Å². The van der Waals surface area contributed by atoms with Crippen LogP contribution in [0.25, 0.3) is 11.0 Å². The van der Waals surface area contributed by atoms with Gasteiger partial charge in [0, 0.05) is 23.9 Å². The van der Waals surface area contributed by atoms with Crippen molar-refractivity contribution in [2.24, 2.45) is 0 Å². The molecule has 0 aliphatic rings. The molecule has 0 saturated heterocycles. The molecule has 2 aromatic rings. The highest BCUT2D eigenvalue weighted by Crippen LogP contribution is 2.29. The molecule has 1 heterocycles. The average Bonchev–Trinajstić information content (AvgIpc) is 2.85. The molecule has 124 valence electrons. The predicted molar refractivity (Wildman–Crippen MR) is 87.2 cm³/mol. The molecule has 1 aromatic carbocycles. The van der Waals surface area contributed by atoms with Crippen LogP contribution >= 0.6 is 0 Å². The van der Waals surface area contributed by atoms with E-state index in [1.165, 1.54) is 0 Å². The Morgan fingerprint density at radius 3 is 2.74 bits per heavy atom. The summed E-state index contributed by atoms with van der Waals surface area (Å²) in [5.41, 5.74) is 1.84. The first kappa shape index (κ1) is 16.9. The van der Waals surface area contributed by atoms with E-state index in [0.717, 1.165) is 22.3 Å². The van der Waals surface area contributed by atoms with Crippen LogP contribution in [-0.2, 0) is 9.53 Å². The van der Waals surface area contributed by atoms with E-state index in [9.17, 15) is 9.59 Å². The van der Waals surface area contributed by atoms with Crippen molar-refractivity contribution in [3.63, 3.8) is 0 Å². The molecule has 2 N–H and O–H groups in total. The minimum Gasteiger partial charge on any atom is -0.459 e. The summed E-state index contributed by atoms with van der Waals surface area (Å²) in [7, 11) is 0. The molecule has 1 atom stereocenters. The van der Waals surface area contributed by atoms with Crippen molar-refractivity contribution in [2.45, 2.75) is 33.2 Å². The predicted octanol–water partition coefficient (Wildman–Crippen LogP) is 3.05. The summed E-state index contributed by atoms with van der Waals surface area (Å²) in [4.78, 5) is 23.1. The molecule has 0 fully saturated rings. The summed E-state index contributed by atoms with van der Waals surface area (Å²) < 4.78 is 10.6. The third-order valence-electron chi connectivity index (χ3n) is 3.55. The van der Waals surface area contributed by atoms with Gasteiger partial charge in [0.05, 0.1) is 12.6 Å². The molecule has 2 amide bonds. The van der Waals surface area contributed by atoms with Gasteiger partial charge in [0.15, 0.2) is 0 Å². The summed E-state index contributed by atoms with van der Waals surface area (Å²) in [6, 6.07) is 7.54. The molecule has 23 heavy (non-hydrogen) atoms. The Labute approximate surface area is 135 Å². The van der Waals surface area contributed by atoms with Crippen molar-refractivity contribution in [1.29, 1.82) is 0 Å². The first-order chi connectivity index (χ1) is 11.0. The highest BCUT2D eigenvalue weighted by Gasteiger charge is 2.18. The number of furan rings is 1. The second-order valence-corrected chi connectivity index (χ2v) is 5.27. The first-order valence-corrected chi connectivity index (χ1v) is 7.71. The zero-order chi connectivity index (χ0) is 16.8. The maximum absolute atomic E-state index is 11.9. The van der Waals surface area contributed by atoms with Crippen LogP contribution in [0.3, 0.4) is 0 Å². The Morgan fingerprint density at radius 1 is 1.30 bits per heavy atom. The topological polar surface area (TPSA) is 80.6 Å². The van der Waals surface area contributed by atoms with Crippen LogP contribution in [0.2, 0.25) is 0 Å². The average molecular weight is 318 g/mol. The zero-order valence-corrected chi connectivity index (χ0v) is 13.6. The second kappa shape index (κ2) is 7.67. The van der Waals surface area contributed by atoms with Gasteiger partial charge in [-0.25, -0.2) is 4.79 Å². The van der Waals surface area contributed by atoms with Crippen molar-refractivity contribution in [2.75, 3.05) is 13.2 Å². The number of benzene rings is 1. The molecule has 0 saturated carbocycles. The molecule has 0 aliphatic heterocycles. The molecule has 0 bridgehead atoms. The fourth-order valence-electron chi connectivity index (χ4n) is 2.45. The van der Waals surface area contributed by atoms with Crippen molar-refractivity contribution in [3.8, 4) is 0 Å². The van der Waals surface area contributed by atoms with Crippen LogP contribution in [0.4, 0.5) is 4.79 Å². The van der Waals surface area contributed by atoms with E-state index in [1.807, 2.05) is 38.1 Å². The Morgan fingerprint density at radius 2 is 2.04 bits per heavy atom. The van der Waals surface area contributed by atoms with Gasteiger partial charge in [0.2, 0.25) is 5.91 Å². The molecule has 0 radical (unpaired) electrons. The number of hydrogen-bond donors (Lipinski definition) is 2. The summed E-state index contributed by atoms with van der Waals surface area (Å²) in [6.45, 7) is 6.12. The van der Waals surface area contributed by atoms with Crippen molar-refractivity contribution in [3.05, 3.63) is 35.6 Å². The quantitative estimate of drug-likeness (QED) is 0.858. The van der Waals surface area contributed by atoms with Gasteiger partial charge in [-0.15, -0.1) is 0 Å². The normalized spacial score (nSPS) is 12.0. The fraction of sp³-hybridized carbons (Fsp3) is 0.412. The monoisotopic (exact) mass is 318 g/mol. The summed E-state index contributed by atoms with van der Waals surface area (Å²) in [5.74, 6) is 0.590. The number of fused-ring (bicyclic) bond motifs is 1. The van der Waals surface area contributed by atoms with Gasteiger partial charge in [-0.3, -0.25) is 4.79 Å². The van der Waals surface area contributed by atoms with Gasteiger partial charge in [-0.1, -0.05) is 18.2 Å². The summed E-state index contributed by atoms with van der Waals surface area (Å²) >= 11 is 0. The molecule has 0 spiro atoms. The minimum absolute atomic E-state index is 0.158. The van der Waals surface area contributed by atoms with Crippen LogP contribution < -0.4 is 10.6 Å². The third kappa shape index (κ3) is 4.25. The Balaban J connectivity index is 1.90. The number of nitrogens with one attached hydrogen (secondary N) is 2. The number of amides is 2. The fourth-order valence-corrected chi connectivity index (χ4v) is 2.45. The molecule has 1 aromatic heterocycles. The number of carbonyl (C=O) groups is 2. The Kier molecular flexibility index (Phi) is 5.62. The van der Waals surface area contributed by atoms with E-state index in [4.69, 9.17) is 9.15 Å². The van der Waals surface area contributed by atoms with E-state index in [1.54, 1.807) is 6.92 Å². The second-order valence-electron chi connectivity index (χ2n) is 5.27. The maximum atomic E-state index is 11.9. The molecule has 0 aliphatic carbocycles. The minimum atomic E-state index is -0.513. The van der Waals surface area contributed by atoms with E-state index in [-0.39, 0.29) is 24.9 Å². The van der Waals surface area contributed by atoms with Gasteiger partial charge < -0.3 is 19.8 Å². The van der Waals surface area contributed by atoms with Gasteiger partial charge in [0.25, 0.3) is 0 Å². The number of carbonyl (C=O) groups excluding carboxylic acids is 2. The van der Waals surface area contributed by atoms with Crippen LogP contribution in [0, 0.1) is 6.92 Å². The molecular weight excluding hydrogens is 296 g/mol. The lowest BCUT2D eigenvalue weighted by molar-refractivity contribution is -0.121. The molecular formula is C17H22N2O4. The van der Waals surface area contributed by atoms with Gasteiger partial charge >= 0.3 is 6.09 Å². The van der Waals surface area contributed by atoms with E-state index >= 15 is 0 Å². The molecule has 6 heteroatoms. The summed E-state index contributed by atoms with van der Waals surface area (Å²) in [5, 5.41) is 6.44. The number of rotatable bonds is 6. The van der Waals surface area contributed by atoms with Crippen LogP contribution in [0.15, 0.2) is 28.7 Å². The Hall–Kier alpha value is -2.50. The standard InChI is InChI=1S/C17H22N2O4/c1-4-22-17(21)18-10-9-15(20)19-12(3)16-11(2)13-7-5-6-8-14(13)23-16/h5-8,12H,4,9-10H2,1-3H3,(H,18,21)(H,19,20)/t12-/m1/s1. The largest absolute Gasteiger partial charge is 0.459 e. The smallest absolute Gasteiger partial charge is 0.407 e. The van der Waals surface area contributed by atoms with Crippen molar-refractivity contribution in [1.82, 2.24) is 10.6 Å². The van der Waals surface area contributed by atoms with Crippen molar-refractivity contribution < 1.29 is 18.7 Å². The molecule has 6 nitrogen and oxygen atoms in total. The van der Waals surface area contributed by atoms with Crippen LogP contribution in [0.1, 0.15) is 37.6 Å². The van der Waals surface area contributed by atoms with Crippen molar-refractivity contribution >= 4 is 23.0 Å². The lowest BCUT2D eigenvalue weighted by atomic mass is 10.1. The van der Waals surface area contributed by atoms with E-state index in [0.29, 0.717) is 6.61 Å². The first-order valence-electron chi connectivity index (χ1n) is 7.71. The SMILES string of the molecule is CCOC(=O)NCCC(=O)N[C@H](C)c1oc2ccccc2c1C. The highest BCUT2D eigenvalue weighted by molar-refractivity contribution is 5.82. The number of aryl methyl sites for hydroxylation is 1. The number of alkyl carbamates (subject to hydrolysis) is 1. The summed E-state index contributed by atoms with van der Waals surface area (Å²) in [6.07, 6.45) is -0.330. The van der Waals surface area contributed by atoms with E-state index < -0.39 is 6.09 Å².